The molecule has 0 saturated carbocycles. The van der Waals surface area contributed by atoms with Crippen LogP contribution in [-0.4, -0.2) is 37.5 Å². The molecule has 1 spiro atoms. The number of hydrogen-bond acceptors (Lipinski definition) is 5. The third-order valence-electron chi connectivity index (χ3n) is 10.1. The van der Waals surface area contributed by atoms with Gasteiger partial charge in [-0.25, -0.2) is 8.93 Å². The van der Waals surface area contributed by atoms with Crippen molar-refractivity contribution in [2.24, 2.45) is 5.41 Å². The number of piperidine rings is 1. The Hall–Kier alpha value is -3.56. The summed E-state index contributed by atoms with van der Waals surface area (Å²) in [4.78, 5) is 23.6. The Balaban J connectivity index is 1.10. The fourth-order valence-corrected chi connectivity index (χ4v) is 9.11. The first-order chi connectivity index (χ1) is 19.6. The highest BCUT2D eigenvalue weighted by molar-refractivity contribution is 7.84. The van der Waals surface area contributed by atoms with E-state index >= 15 is 0 Å². The first-order valence-electron chi connectivity index (χ1n) is 14.5. The molecule has 8 nitrogen and oxygen atoms in total. The number of H-pyrrole nitrogens is 2. The van der Waals surface area contributed by atoms with Crippen molar-refractivity contribution in [2.45, 2.75) is 63.2 Å². The largest absolute Gasteiger partial charge is 0.342 e. The Morgan fingerprint density at radius 3 is 2.56 bits per heavy atom. The first kappa shape index (κ1) is 25.2. The molecular formula is C32H34N6O2S. The van der Waals surface area contributed by atoms with Crippen LogP contribution in [0.1, 0.15) is 80.1 Å². The average Bonchev–Trinajstić information content (AvgIpc) is 3.59. The van der Waals surface area contributed by atoms with Crippen LogP contribution in [0.3, 0.4) is 0 Å². The standard InChI is InChI=1S/C32H34N6O2S/c1-30(2)17-20(19-9-5-6-10-21(19)30)25-24-27(36-35-25)33-29(34-28(24)39)38-14-12-32(13-15-38)16-18-8-7-11-22-23(18)26(32)37-41(40)31(22,3)4/h5-11,17,26,37H,12-16H2,1-4H3,(H2,33,34,35,36,39)/t26-,41?/m1/s1. The van der Waals surface area contributed by atoms with Gasteiger partial charge in [-0.15, -0.1) is 0 Å². The number of allylic oxidation sites excluding steroid dienone is 1. The molecule has 4 aliphatic rings. The number of aromatic nitrogens is 4. The van der Waals surface area contributed by atoms with Crippen LogP contribution in [0.4, 0.5) is 5.95 Å². The van der Waals surface area contributed by atoms with Gasteiger partial charge in [-0.05, 0) is 66.3 Å². The van der Waals surface area contributed by atoms with Gasteiger partial charge >= 0.3 is 0 Å². The lowest BCUT2D eigenvalue weighted by Crippen LogP contribution is -2.50. The van der Waals surface area contributed by atoms with E-state index in [0.29, 0.717) is 17.0 Å². The van der Waals surface area contributed by atoms with Crippen LogP contribution in [0.25, 0.3) is 16.6 Å². The molecule has 1 unspecified atom stereocenters. The van der Waals surface area contributed by atoms with Gasteiger partial charge in [-0.1, -0.05) is 62.4 Å². The van der Waals surface area contributed by atoms with Gasteiger partial charge in [0.25, 0.3) is 5.56 Å². The van der Waals surface area contributed by atoms with Crippen LogP contribution < -0.4 is 15.2 Å². The molecule has 8 rings (SSSR count). The molecule has 1 fully saturated rings. The van der Waals surface area contributed by atoms with Crippen molar-refractivity contribution >= 4 is 33.5 Å². The Bertz CT molecular complexity index is 1870. The van der Waals surface area contributed by atoms with Crippen molar-refractivity contribution in [3.63, 3.8) is 0 Å². The van der Waals surface area contributed by atoms with Crippen LogP contribution in [0.15, 0.2) is 53.3 Å². The van der Waals surface area contributed by atoms with Crippen LogP contribution in [-0.2, 0) is 27.6 Å². The minimum Gasteiger partial charge on any atom is -0.342 e. The summed E-state index contributed by atoms with van der Waals surface area (Å²) in [5.41, 5.74) is 8.14. The van der Waals surface area contributed by atoms with E-state index in [9.17, 15) is 9.00 Å². The fraction of sp³-hybridized carbons (Fsp3) is 0.406. The van der Waals surface area contributed by atoms with Crippen molar-refractivity contribution in [1.29, 1.82) is 0 Å². The molecule has 9 heteroatoms. The number of fused-ring (bicyclic) bond motifs is 3. The molecule has 0 radical (unpaired) electrons. The molecule has 1 saturated heterocycles. The van der Waals surface area contributed by atoms with E-state index in [1.807, 2.05) is 6.07 Å². The van der Waals surface area contributed by atoms with Gasteiger partial charge in [0.15, 0.2) is 5.65 Å². The Kier molecular flexibility index (Phi) is 5.07. The lowest BCUT2D eigenvalue weighted by molar-refractivity contribution is 0.174. The van der Waals surface area contributed by atoms with E-state index in [1.54, 1.807) is 0 Å². The predicted molar refractivity (Wildman–Crippen MR) is 162 cm³/mol. The van der Waals surface area contributed by atoms with Crippen LogP contribution in [0.2, 0.25) is 0 Å². The summed E-state index contributed by atoms with van der Waals surface area (Å²) in [6.07, 6.45) is 5.03. The molecule has 4 aromatic rings. The van der Waals surface area contributed by atoms with Crippen LogP contribution >= 0.6 is 0 Å². The molecule has 0 amide bonds. The van der Waals surface area contributed by atoms with Gasteiger partial charge in [0.2, 0.25) is 5.95 Å². The van der Waals surface area contributed by atoms with Gasteiger partial charge in [0.05, 0.1) is 16.5 Å². The molecule has 210 valence electrons. The van der Waals surface area contributed by atoms with Crippen molar-refractivity contribution in [1.82, 2.24) is 24.9 Å². The summed E-state index contributed by atoms with van der Waals surface area (Å²) < 4.78 is 16.4. The molecule has 2 atom stereocenters. The summed E-state index contributed by atoms with van der Waals surface area (Å²) >= 11 is 0. The maximum atomic E-state index is 13.5. The molecule has 3 N–H and O–H groups in total. The second-order valence-corrected chi connectivity index (χ2v) is 15.0. The second-order valence-electron chi connectivity index (χ2n) is 13.2. The third kappa shape index (κ3) is 3.42. The Morgan fingerprint density at radius 1 is 1.00 bits per heavy atom. The molecular weight excluding hydrogens is 532 g/mol. The first-order valence-corrected chi connectivity index (χ1v) is 15.6. The highest BCUT2D eigenvalue weighted by atomic mass is 32.2. The highest BCUT2D eigenvalue weighted by Gasteiger charge is 2.54. The second kappa shape index (κ2) is 8.26. The zero-order chi connectivity index (χ0) is 28.3. The Labute approximate surface area is 241 Å². The van der Waals surface area contributed by atoms with Crippen LogP contribution in [0, 0.1) is 5.41 Å². The van der Waals surface area contributed by atoms with E-state index in [1.165, 1.54) is 22.3 Å². The number of benzene rings is 2. The van der Waals surface area contributed by atoms with E-state index in [2.05, 4.69) is 95.0 Å². The number of rotatable bonds is 2. The van der Waals surface area contributed by atoms with Crippen LogP contribution in [0.5, 0.6) is 0 Å². The van der Waals surface area contributed by atoms with Gasteiger partial charge in [-0.2, -0.15) is 10.1 Å². The lowest BCUT2D eigenvalue weighted by Gasteiger charge is -2.46. The van der Waals surface area contributed by atoms with E-state index < -0.39 is 15.7 Å². The summed E-state index contributed by atoms with van der Waals surface area (Å²) in [6, 6.07) is 14.9. The fourth-order valence-electron chi connectivity index (χ4n) is 7.86. The zero-order valence-electron chi connectivity index (χ0n) is 23.8. The third-order valence-corrected chi connectivity index (χ3v) is 11.7. The van der Waals surface area contributed by atoms with Crippen molar-refractivity contribution in [2.75, 3.05) is 18.0 Å². The summed E-state index contributed by atoms with van der Waals surface area (Å²) in [7, 11) is -1.16. The van der Waals surface area contributed by atoms with Crippen molar-refractivity contribution in [3.8, 4) is 0 Å². The minimum atomic E-state index is -1.16. The minimum absolute atomic E-state index is 0.000138. The summed E-state index contributed by atoms with van der Waals surface area (Å²) in [5, 5.41) is 8.13. The summed E-state index contributed by atoms with van der Waals surface area (Å²) in [6.45, 7) is 10.0. The Morgan fingerprint density at radius 2 is 1.76 bits per heavy atom. The van der Waals surface area contributed by atoms with Crippen molar-refractivity contribution < 1.29 is 4.21 Å². The maximum absolute atomic E-state index is 13.5. The van der Waals surface area contributed by atoms with Gasteiger partial charge in [0, 0.05) is 24.1 Å². The zero-order valence-corrected chi connectivity index (χ0v) is 24.6. The van der Waals surface area contributed by atoms with Gasteiger partial charge in [0.1, 0.15) is 16.4 Å². The van der Waals surface area contributed by atoms with Crippen molar-refractivity contribution in [3.05, 3.63) is 92.4 Å². The number of nitrogens with zero attached hydrogens (tertiary/aromatic N) is 3. The average molecular weight is 567 g/mol. The monoisotopic (exact) mass is 566 g/mol. The molecule has 2 aromatic heterocycles. The predicted octanol–water partition coefficient (Wildman–Crippen LogP) is 4.76. The summed E-state index contributed by atoms with van der Waals surface area (Å²) in [5.74, 6) is 0.564. The maximum Gasteiger partial charge on any atom is 0.264 e. The smallest absolute Gasteiger partial charge is 0.264 e. The molecule has 0 bridgehead atoms. The SMILES string of the molecule is CC1(C)C=C(c2[nH]nc3nc(N4CCC5(CC4)Cc4cccc6c4[C@H]5NS(=O)C6(C)C)[nH]c(=O)c23)c2ccccc21. The number of anilines is 1. The van der Waals surface area contributed by atoms with E-state index in [-0.39, 0.29) is 22.4 Å². The number of hydrogen-bond donors (Lipinski definition) is 3. The lowest BCUT2D eigenvalue weighted by atomic mass is 9.72. The quantitative estimate of drug-likeness (QED) is 0.325. The van der Waals surface area contributed by atoms with E-state index in [4.69, 9.17) is 4.98 Å². The molecule has 4 heterocycles. The topological polar surface area (TPSA) is 107 Å². The van der Waals surface area contributed by atoms with Gasteiger partial charge < -0.3 is 4.90 Å². The van der Waals surface area contributed by atoms with E-state index in [0.717, 1.165) is 49.2 Å². The normalized spacial score (nSPS) is 24.9. The number of nitrogens with one attached hydrogen (secondary N) is 3. The highest BCUT2D eigenvalue weighted by Crippen LogP contribution is 2.57. The van der Waals surface area contributed by atoms with Gasteiger partial charge in [-0.3, -0.25) is 14.9 Å². The molecule has 2 aliphatic heterocycles. The molecule has 2 aliphatic carbocycles. The number of aromatic amines is 2. The molecule has 2 aromatic carbocycles. The molecule has 41 heavy (non-hydrogen) atoms.